The summed E-state index contributed by atoms with van der Waals surface area (Å²) in [5.41, 5.74) is 7.72. The minimum Gasteiger partial charge on any atom is -0.352 e. The van der Waals surface area contributed by atoms with Gasteiger partial charge in [0.2, 0.25) is 5.91 Å². The molecule has 0 aromatic heterocycles. The molecule has 0 heterocycles. The van der Waals surface area contributed by atoms with Crippen LogP contribution in [0.1, 0.15) is 35.3 Å². The Balaban J connectivity index is 0.00000312. The van der Waals surface area contributed by atoms with Crippen LogP contribution in [0.15, 0.2) is 48.5 Å². The van der Waals surface area contributed by atoms with Gasteiger partial charge in [0.1, 0.15) is 5.54 Å². The lowest BCUT2D eigenvalue weighted by atomic mass is 9.92. The van der Waals surface area contributed by atoms with E-state index in [1.54, 1.807) is 25.1 Å². The highest BCUT2D eigenvalue weighted by Gasteiger charge is 2.30. The number of hydrogen-bond donors (Lipinski definition) is 3. The van der Waals surface area contributed by atoms with Crippen molar-refractivity contribution in [1.82, 2.24) is 5.32 Å². The summed E-state index contributed by atoms with van der Waals surface area (Å²) in [5, 5.41) is 5.58. The van der Waals surface area contributed by atoms with Crippen LogP contribution in [0.5, 0.6) is 0 Å². The molecule has 2 amide bonds. The van der Waals surface area contributed by atoms with Crippen LogP contribution < -0.4 is 16.4 Å². The molecule has 0 aliphatic rings. The summed E-state index contributed by atoms with van der Waals surface area (Å²) in [6.45, 7) is 5.94. The van der Waals surface area contributed by atoms with Gasteiger partial charge in [0.05, 0.1) is 0 Å². The van der Waals surface area contributed by atoms with Crippen molar-refractivity contribution in [3.8, 4) is 0 Å². The van der Waals surface area contributed by atoms with Crippen molar-refractivity contribution < 1.29 is 9.59 Å². The molecular formula is C19H24ClN3O2. The zero-order valence-electron chi connectivity index (χ0n) is 14.6. The van der Waals surface area contributed by atoms with Gasteiger partial charge in [-0.25, -0.2) is 0 Å². The average molecular weight is 362 g/mol. The standard InChI is InChI=1S/C19H23N3O2.ClH/c1-4-21-17(23)14-11-10-13(2)16(12-14)22-18(24)19(3,20)15-8-6-5-7-9-15;/h5-12H,4,20H2,1-3H3,(H,21,23)(H,22,24);1H. The van der Waals surface area contributed by atoms with Crippen LogP contribution in [0, 0.1) is 6.92 Å². The van der Waals surface area contributed by atoms with Crippen molar-refractivity contribution in [2.24, 2.45) is 5.73 Å². The zero-order chi connectivity index (χ0) is 17.7. The van der Waals surface area contributed by atoms with Gasteiger partial charge in [0.15, 0.2) is 0 Å². The Morgan fingerprint density at radius 2 is 1.76 bits per heavy atom. The summed E-state index contributed by atoms with van der Waals surface area (Å²) in [6, 6.07) is 14.4. The highest BCUT2D eigenvalue weighted by molar-refractivity contribution is 6.01. The summed E-state index contributed by atoms with van der Waals surface area (Å²) >= 11 is 0. The highest BCUT2D eigenvalue weighted by atomic mass is 35.5. The molecule has 0 aliphatic heterocycles. The fraction of sp³-hybridized carbons (Fsp3) is 0.263. The summed E-state index contributed by atoms with van der Waals surface area (Å²) in [4.78, 5) is 24.6. The molecule has 2 rings (SSSR count). The van der Waals surface area contributed by atoms with E-state index >= 15 is 0 Å². The largest absolute Gasteiger partial charge is 0.352 e. The van der Waals surface area contributed by atoms with Crippen molar-refractivity contribution in [3.05, 3.63) is 65.2 Å². The lowest BCUT2D eigenvalue weighted by Crippen LogP contribution is -2.45. The van der Waals surface area contributed by atoms with Gasteiger partial charge in [0, 0.05) is 17.8 Å². The topological polar surface area (TPSA) is 84.2 Å². The molecule has 1 unspecified atom stereocenters. The van der Waals surface area contributed by atoms with E-state index in [9.17, 15) is 9.59 Å². The number of anilines is 1. The van der Waals surface area contributed by atoms with Crippen LogP contribution in [0.25, 0.3) is 0 Å². The van der Waals surface area contributed by atoms with E-state index in [0.717, 1.165) is 11.1 Å². The molecule has 6 heteroatoms. The number of carbonyl (C=O) groups is 2. The molecule has 5 nitrogen and oxygen atoms in total. The minimum absolute atomic E-state index is 0. The zero-order valence-corrected chi connectivity index (χ0v) is 15.4. The second-order valence-electron chi connectivity index (χ2n) is 5.91. The van der Waals surface area contributed by atoms with Crippen LogP contribution in [0.2, 0.25) is 0 Å². The summed E-state index contributed by atoms with van der Waals surface area (Å²) in [7, 11) is 0. The van der Waals surface area contributed by atoms with Gasteiger partial charge in [-0.2, -0.15) is 0 Å². The quantitative estimate of drug-likeness (QED) is 0.765. The van der Waals surface area contributed by atoms with Crippen molar-refractivity contribution in [3.63, 3.8) is 0 Å². The fourth-order valence-electron chi connectivity index (χ4n) is 2.33. The molecule has 0 aliphatic carbocycles. The van der Waals surface area contributed by atoms with Crippen LogP contribution in [-0.4, -0.2) is 18.4 Å². The normalized spacial score (nSPS) is 12.5. The van der Waals surface area contributed by atoms with Crippen LogP contribution >= 0.6 is 12.4 Å². The third kappa shape index (κ3) is 4.81. The maximum Gasteiger partial charge on any atom is 0.251 e. The molecule has 0 saturated heterocycles. The highest BCUT2D eigenvalue weighted by Crippen LogP contribution is 2.22. The SMILES string of the molecule is CCNC(=O)c1ccc(C)c(NC(=O)C(C)(N)c2ccccc2)c1.Cl. The van der Waals surface area contributed by atoms with Crippen molar-refractivity contribution in [2.75, 3.05) is 11.9 Å². The van der Waals surface area contributed by atoms with Gasteiger partial charge in [-0.05, 0) is 44.0 Å². The van der Waals surface area contributed by atoms with E-state index in [-0.39, 0.29) is 24.2 Å². The van der Waals surface area contributed by atoms with Crippen LogP contribution in [0.4, 0.5) is 5.69 Å². The maximum absolute atomic E-state index is 12.7. The molecule has 1 atom stereocenters. The third-order valence-electron chi connectivity index (χ3n) is 3.93. The smallest absolute Gasteiger partial charge is 0.251 e. The van der Waals surface area contributed by atoms with E-state index in [1.807, 2.05) is 44.2 Å². The van der Waals surface area contributed by atoms with E-state index in [2.05, 4.69) is 10.6 Å². The first kappa shape index (κ1) is 20.7. The van der Waals surface area contributed by atoms with Gasteiger partial charge >= 0.3 is 0 Å². The van der Waals surface area contributed by atoms with Crippen molar-refractivity contribution >= 4 is 29.9 Å². The van der Waals surface area contributed by atoms with E-state index in [1.165, 1.54) is 0 Å². The molecular weight excluding hydrogens is 338 g/mol. The first-order valence-corrected chi connectivity index (χ1v) is 7.91. The lowest BCUT2D eigenvalue weighted by molar-refractivity contribution is -0.120. The summed E-state index contributed by atoms with van der Waals surface area (Å²) < 4.78 is 0. The second kappa shape index (κ2) is 8.65. The number of hydrogen-bond acceptors (Lipinski definition) is 3. The molecule has 0 saturated carbocycles. The first-order chi connectivity index (χ1) is 11.4. The van der Waals surface area contributed by atoms with Gasteiger partial charge < -0.3 is 16.4 Å². The molecule has 0 spiro atoms. The molecule has 2 aromatic carbocycles. The molecule has 25 heavy (non-hydrogen) atoms. The van der Waals surface area contributed by atoms with E-state index in [4.69, 9.17) is 5.73 Å². The number of rotatable bonds is 5. The van der Waals surface area contributed by atoms with Crippen molar-refractivity contribution in [2.45, 2.75) is 26.3 Å². The monoisotopic (exact) mass is 361 g/mol. The van der Waals surface area contributed by atoms with Gasteiger partial charge in [-0.1, -0.05) is 36.4 Å². The number of benzene rings is 2. The third-order valence-corrected chi connectivity index (χ3v) is 3.93. The number of nitrogens with two attached hydrogens (primary N) is 1. The molecule has 134 valence electrons. The Bertz CT molecular complexity index is 746. The Hall–Kier alpha value is -2.37. The number of amides is 2. The van der Waals surface area contributed by atoms with Gasteiger partial charge in [0.25, 0.3) is 5.91 Å². The molecule has 0 radical (unpaired) electrons. The Kier molecular flexibility index (Phi) is 7.15. The average Bonchev–Trinajstić information content (AvgIpc) is 2.57. The Morgan fingerprint density at radius 1 is 1.12 bits per heavy atom. The lowest BCUT2D eigenvalue weighted by Gasteiger charge is -2.24. The van der Waals surface area contributed by atoms with Crippen LogP contribution in [-0.2, 0) is 10.3 Å². The predicted molar refractivity (Wildman–Crippen MR) is 103 cm³/mol. The number of carbonyl (C=O) groups excluding carboxylic acids is 2. The maximum atomic E-state index is 12.7. The molecule has 2 aromatic rings. The number of aryl methyl sites for hydroxylation is 1. The molecule has 4 N–H and O–H groups in total. The summed E-state index contributed by atoms with van der Waals surface area (Å²) in [5.74, 6) is -0.503. The fourth-order valence-corrected chi connectivity index (χ4v) is 2.33. The number of halogens is 1. The first-order valence-electron chi connectivity index (χ1n) is 7.91. The van der Waals surface area contributed by atoms with E-state index in [0.29, 0.717) is 17.8 Å². The molecule has 0 fully saturated rings. The van der Waals surface area contributed by atoms with Gasteiger partial charge in [-0.15, -0.1) is 12.4 Å². The Labute approximate surface area is 154 Å². The molecule has 0 bridgehead atoms. The van der Waals surface area contributed by atoms with Crippen LogP contribution in [0.3, 0.4) is 0 Å². The number of nitrogens with one attached hydrogen (secondary N) is 2. The Morgan fingerprint density at radius 3 is 2.36 bits per heavy atom. The van der Waals surface area contributed by atoms with Gasteiger partial charge in [-0.3, -0.25) is 9.59 Å². The van der Waals surface area contributed by atoms with Crippen molar-refractivity contribution in [1.29, 1.82) is 0 Å². The summed E-state index contributed by atoms with van der Waals surface area (Å²) in [6.07, 6.45) is 0. The predicted octanol–water partition coefficient (Wildman–Crippen LogP) is 2.98. The minimum atomic E-state index is -1.17. The van der Waals surface area contributed by atoms with E-state index < -0.39 is 5.54 Å². The second-order valence-corrected chi connectivity index (χ2v) is 5.91.